The van der Waals surface area contributed by atoms with E-state index in [9.17, 15) is 0 Å². The third-order valence-corrected chi connectivity index (χ3v) is 5.14. The van der Waals surface area contributed by atoms with Crippen molar-refractivity contribution >= 4 is 27.7 Å². The molecule has 85 valence electrons. The first kappa shape index (κ1) is 14.8. The first-order valence-corrected chi connectivity index (χ1v) is 7.92. The van der Waals surface area contributed by atoms with Crippen LogP contribution in [0.25, 0.3) is 0 Å². The zero-order chi connectivity index (χ0) is 10.8. The van der Waals surface area contributed by atoms with Gasteiger partial charge in [0.05, 0.1) is 0 Å². The van der Waals surface area contributed by atoms with Crippen LogP contribution in [-0.4, -0.2) is 16.3 Å². The summed E-state index contributed by atoms with van der Waals surface area (Å²) in [4.78, 5) is 0.691. The molecule has 0 heterocycles. The number of thioether (sulfide) groups is 1. The lowest BCUT2D eigenvalue weighted by molar-refractivity contribution is 0.600. The van der Waals surface area contributed by atoms with Crippen molar-refractivity contribution in [2.24, 2.45) is 0 Å². The highest BCUT2D eigenvalue weighted by Gasteiger charge is 2.15. The van der Waals surface area contributed by atoms with E-state index in [0.29, 0.717) is 4.83 Å². The topological polar surface area (TPSA) is 0 Å². The van der Waals surface area contributed by atoms with Gasteiger partial charge in [-0.05, 0) is 19.1 Å². The highest BCUT2D eigenvalue weighted by atomic mass is 79.9. The van der Waals surface area contributed by atoms with Gasteiger partial charge in [-0.3, -0.25) is 0 Å². The number of hydrogen-bond acceptors (Lipinski definition) is 1. The van der Waals surface area contributed by atoms with Crippen LogP contribution in [0.2, 0.25) is 0 Å². The van der Waals surface area contributed by atoms with Crippen LogP contribution in [-0.2, 0) is 0 Å². The van der Waals surface area contributed by atoms with Gasteiger partial charge in [0.1, 0.15) is 0 Å². The standard InChI is InChI=1S/C12H24BrS/c1-4-6-7-8-10-11(13)12(14-3)9-5-2/h11-12H,2,4-10H2,1,3H3. The Kier molecular flexibility index (Phi) is 11.0. The van der Waals surface area contributed by atoms with E-state index in [1.807, 2.05) is 11.8 Å². The largest absolute Gasteiger partial charge is 0.161 e. The highest BCUT2D eigenvalue weighted by molar-refractivity contribution is 9.09. The summed E-state index contributed by atoms with van der Waals surface area (Å²) < 4.78 is 0. The van der Waals surface area contributed by atoms with Crippen molar-refractivity contribution in [2.75, 3.05) is 6.26 Å². The lowest BCUT2D eigenvalue weighted by Crippen LogP contribution is -2.16. The van der Waals surface area contributed by atoms with Crippen molar-refractivity contribution in [3.63, 3.8) is 0 Å². The molecule has 1 radical (unpaired) electrons. The molecule has 0 bridgehead atoms. The fraction of sp³-hybridized carbons (Fsp3) is 0.917. The molecule has 0 aromatic carbocycles. The number of hydrogen-bond donors (Lipinski definition) is 0. The van der Waals surface area contributed by atoms with Gasteiger partial charge in [-0.2, -0.15) is 11.8 Å². The summed E-state index contributed by atoms with van der Waals surface area (Å²) in [6.07, 6.45) is 11.3. The van der Waals surface area contributed by atoms with Crippen LogP contribution < -0.4 is 0 Å². The van der Waals surface area contributed by atoms with E-state index in [1.54, 1.807) is 0 Å². The van der Waals surface area contributed by atoms with E-state index in [1.165, 1.54) is 38.5 Å². The van der Waals surface area contributed by atoms with E-state index in [2.05, 4.69) is 36.0 Å². The fourth-order valence-corrected chi connectivity index (χ4v) is 3.67. The van der Waals surface area contributed by atoms with Gasteiger partial charge in [-0.1, -0.05) is 61.9 Å². The van der Waals surface area contributed by atoms with Gasteiger partial charge >= 0.3 is 0 Å². The zero-order valence-electron chi connectivity index (χ0n) is 9.60. The molecule has 2 heteroatoms. The van der Waals surface area contributed by atoms with Crippen LogP contribution in [0.15, 0.2) is 0 Å². The molecule has 0 N–H and O–H groups in total. The number of rotatable bonds is 9. The Bertz CT molecular complexity index is 117. The van der Waals surface area contributed by atoms with E-state index < -0.39 is 0 Å². The smallest absolute Gasteiger partial charge is 0.0264 e. The quantitative estimate of drug-likeness (QED) is 0.420. The maximum Gasteiger partial charge on any atom is 0.0264 e. The van der Waals surface area contributed by atoms with E-state index in [0.717, 1.165) is 11.7 Å². The average Bonchev–Trinajstić information content (AvgIpc) is 2.20. The third-order valence-electron chi connectivity index (χ3n) is 2.53. The molecule has 0 saturated carbocycles. The van der Waals surface area contributed by atoms with Crippen LogP contribution in [0.4, 0.5) is 0 Å². The normalized spacial score (nSPS) is 15.4. The molecule has 0 aliphatic heterocycles. The number of unbranched alkanes of at least 4 members (excludes halogenated alkanes) is 3. The Hall–Kier alpha value is 0.830. The lowest BCUT2D eigenvalue weighted by atomic mass is 10.1. The summed E-state index contributed by atoms with van der Waals surface area (Å²) in [6.45, 7) is 6.19. The van der Waals surface area contributed by atoms with Crippen LogP contribution in [0.3, 0.4) is 0 Å². The predicted octanol–water partition coefficient (Wildman–Crippen LogP) is 5.07. The predicted molar refractivity (Wildman–Crippen MR) is 73.4 cm³/mol. The number of halogens is 1. The van der Waals surface area contributed by atoms with Crippen molar-refractivity contribution in [2.45, 2.75) is 61.9 Å². The van der Waals surface area contributed by atoms with Crippen molar-refractivity contribution in [3.8, 4) is 0 Å². The Morgan fingerprint density at radius 2 is 1.93 bits per heavy atom. The maximum absolute atomic E-state index is 3.93. The SMILES string of the molecule is [CH2]CCC(SC)C(Br)CCCCCC. The second kappa shape index (κ2) is 10.4. The molecule has 14 heavy (non-hydrogen) atoms. The van der Waals surface area contributed by atoms with Gasteiger partial charge < -0.3 is 0 Å². The van der Waals surface area contributed by atoms with E-state index in [-0.39, 0.29) is 0 Å². The molecule has 0 aromatic heterocycles. The second-order valence-corrected chi connectivity index (χ2v) is 6.03. The third kappa shape index (κ3) is 7.17. The summed E-state index contributed by atoms with van der Waals surface area (Å²) in [5, 5.41) is 0.758. The first-order chi connectivity index (χ1) is 6.76. The molecule has 0 aliphatic carbocycles. The maximum atomic E-state index is 3.93. The fourth-order valence-electron chi connectivity index (χ4n) is 1.60. The Balaban J connectivity index is 3.52. The molecule has 0 saturated heterocycles. The summed E-state index contributed by atoms with van der Waals surface area (Å²) in [6, 6.07) is 0. The number of alkyl halides is 1. The van der Waals surface area contributed by atoms with Crippen LogP contribution >= 0.6 is 27.7 Å². The zero-order valence-corrected chi connectivity index (χ0v) is 12.0. The molecule has 0 aromatic rings. The minimum atomic E-state index is 0.691. The Morgan fingerprint density at radius 3 is 2.43 bits per heavy atom. The van der Waals surface area contributed by atoms with Crippen molar-refractivity contribution < 1.29 is 0 Å². The molecule has 2 atom stereocenters. The summed E-state index contributed by atoms with van der Waals surface area (Å²) in [7, 11) is 0. The van der Waals surface area contributed by atoms with Gasteiger partial charge in [0.15, 0.2) is 0 Å². The average molecular weight is 280 g/mol. The highest BCUT2D eigenvalue weighted by Crippen LogP contribution is 2.26. The molecule has 2 unspecified atom stereocenters. The van der Waals surface area contributed by atoms with Crippen molar-refractivity contribution in [1.29, 1.82) is 0 Å². The van der Waals surface area contributed by atoms with E-state index in [4.69, 9.17) is 0 Å². The van der Waals surface area contributed by atoms with Gasteiger partial charge in [0, 0.05) is 10.1 Å². The molecule has 0 rings (SSSR count). The monoisotopic (exact) mass is 279 g/mol. The Labute approximate surface area is 103 Å². The molecule has 0 fully saturated rings. The summed E-state index contributed by atoms with van der Waals surface area (Å²) >= 11 is 5.79. The summed E-state index contributed by atoms with van der Waals surface area (Å²) in [5.41, 5.74) is 0. The molecular weight excluding hydrogens is 256 g/mol. The Morgan fingerprint density at radius 1 is 1.21 bits per heavy atom. The van der Waals surface area contributed by atoms with Gasteiger partial charge in [-0.15, -0.1) is 0 Å². The molecule has 0 spiro atoms. The van der Waals surface area contributed by atoms with Gasteiger partial charge in [0.2, 0.25) is 0 Å². The van der Waals surface area contributed by atoms with Crippen LogP contribution in [0.5, 0.6) is 0 Å². The van der Waals surface area contributed by atoms with Gasteiger partial charge in [-0.25, -0.2) is 0 Å². The van der Waals surface area contributed by atoms with Crippen molar-refractivity contribution in [3.05, 3.63) is 6.92 Å². The molecular formula is C12H24BrS. The minimum absolute atomic E-state index is 0.691. The van der Waals surface area contributed by atoms with Crippen LogP contribution in [0, 0.1) is 6.92 Å². The second-order valence-electron chi connectivity index (χ2n) is 3.78. The summed E-state index contributed by atoms with van der Waals surface area (Å²) in [5.74, 6) is 0. The first-order valence-electron chi connectivity index (χ1n) is 5.72. The van der Waals surface area contributed by atoms with Gasteiger partial charge in [0.25, 0.3) is 0 Å². The van der Waals surface area contributed by atoms with Crippen LogP contribution in [0.1, 0.15) is 51.9 Å². The molecule has 0 aliphatic rings. The van der Waals surface area contributed by atoms with Crippen molar-refractivity contribution in [1.82, 2.24) is 0 Å². The molecule has 0 nitrogen and oxygen atoms in total. The van der Waals surface area contributed by atoms with E-state index >= 15 is 0 Å². The molecule has 0 amide bonds. The minimum Gasteiger partial charge on any atom is -0.161 e. The lowest BCUT2D eigenvalue weighted by Gasteiger charge is -2.19.